The highest BCUT2D eigenvalue weighted by atomic mass is 16.5. The number of nitrogens with zero attached hydrogens (tertiary/aromatic N) is 2. The number of carbonyl (C=O) groups is 2. The minimum atomic E-state index is -0.412. The van der Waals surface area contributed by atoms with E-state index in [0.29, 0.717) is 22.4 Å². The van der Waals surface area contributed by atoms with Gasteiger partial charge in [0.2, 0.25) is 0 Å². The van der Waals surface area contributed by atoms with Gasteiger partial charge in [-0.2, -0.15) is 0 Å². The summed E-state index contributed by atoms with van der Waals surface area (Å²) in [6.45, 7) is 1.47. The third-order valence-corrected chi connectivity index (χ3v) is 3.54. The number of nitrogens with one attached hydrogen (secondary N) is 1. The highest BCUT2D eigenvalue weighted by molar-refractivity contribution is 6.04. The Hall–Kier alpha value is -3.48. The van der Waals surface area contributed by atoms with Gasteiger partial charge in [-0.15, -0.1) is 5.10 Å². The number of aromatic nitrogens is 2. The molecule has 0 fully saturated rings. The van der Waals surface area contributed by atoms with Crippen LogP contribution in [0.3, 0.4) is 0 Å². The van der Waals surface area contributed by atoms with Gasteiger partial charge in [-0.3, -0.25) is 14.9 Å². The van der Waals surface area contributed by atoms with E-state index in [1.165, 1.54) is 6.92 Å². The largest absolute Gasteiger partial charge is 0.496 e. The smallest absolute Gasteiger partial charge is 0.322 e. The Morgan fingerprint density at radius 1 is 1.00 bits per heavy atom. The fourth-order valence-electron chi connectivity index (χ4n) is 2.23. The molecule has 0 saturated heterocycles. The average molecular weight is 337 g/mol. The topological polar surface area (TPSA) is 94.3 Å². The molecule has 1 aromatic heterocycles. The summed E-state index contributed by atoms with van der Waals surface area (Å²) in [4.78, 5) is 23.5. The van der Waals surface area contributed by atoms with Gasteiger partial charge in [-0.25, -0.2) is 0 Å². The van der Waals surface area contributed by atoms with E-state index in [0.717, 1.165) is 0 Å². The lowest BCUT2D eigenvalue weighted by atomic mass is 10.1. The number of para-hydroxylation sites is 1. The second kappa shape index (κ2) is 6.96. The third-order valence-electron chi connectivity index (χ3n) is 3.54. The van der Waals surface area contributed by atoms with Crippen molar-refractivity contribution in [3.8, 4) is 17.2 Å². The number of carbonyl (C=O) groups excluding carboxylic acids is 2. The van der Waals surface area contributed by atoms with Crippen molar-refractivity contribution in [2.75, 3.05) is 12.4 Å². The molecule has 3 rings (SSSR count). The van der Waals surface area contributed by atoms with Crippen molar-refractivity contribution in [2.24, 2.45) is 0 Å². The number of benzene rings is 2. The molecule has 25 heavy (non-hydrogen) atoms. The van der Waals surface area contributed by atoms with Crippen LogP contribution in [0.2, 0.25) is 0 Å². The third kappa shape index (κ3) is 3.55. The van der Waals surface area contributed by atoms with Crippen LogP contribution in [0, 0.1) is 0 Å². The Morgan fingerprint density at radius 2 is 1.68 bits per heavy atom. The Bertz CT molecular complexity index is 916. The summed E-state index contributed by atoms with van der Waals surface area (Å²) in [5.74, 6) is 0.346. The predicted molar refractivity (Wildman–Crippen MR) is 90.7 cm³/mol. The van der Waals surface area contributed by atoms with E-state index in [1.807, 2.05) is 12.1 Å². The standard InChI is InChI=1S/C18H15N3O4/c1-11(22)12-7-9-13(10-8-12)16(23)19-18-21-20-17(25-18)14-5-3-4-6-15(14)24-2/h3-10H,1-2H3,(H,19,21,23). The quantitative estimate of drug-likeness (QED) is 0.719. The van der Waals surface area contributed by atoms with Gasteiger partial charge in [0.15, 0.2) is 5.78 Å². The molecular weight excluding hydrogens is 322 g/mol. The molecule has 1 heterocycles. The molecule has 0 atom stereocenters. The highest BCUT2D eigenvalue weighted by Crippen LogP contribution is 2.29. The molecule has 0 bridgehead atoms. The van der Waals surface area contributed by atoms with E-state index in [1.54, 1.807) is 43.5 Å². The summed E-state index contributed by atoms with van der Waals surface area (Å²) in [6, 6.07) is 13.5. The Labute approximate surface area is 143 Å². The van der Waals surface area contributed by atoms with Gasteiger partial charge >= 0.3 is 6.01 Å². The van der Waals surface area contributed by atoms with Gasteiger partial charge < -0.3 is 9.15 Å². The van der Waals surface area contributed by atoms with Crippen molar-refractivity contribution in [2.45, 2.75) is 6.92 Å². The molecule has 126 valence electrons. The lowest BCUT2D eigenvalue weighted by Crippen LogP contribution is -2.12. The molecule has 0 aliphatic carbocycles. The Balaban J connectivity index is 1.77. The summed E-state index contributed by atoms with van der Waals surface area (Å²) in [6.07, 6.45) is 0. The Morgan fingerprint density at radius 3 is 2.36 bits per heavy atom. The summed E-state index contributed by atoms with van der Waals surface area (Å²) in [7, 11) is 1.54. The van der Waals surface area contributed by atoms with Crippen LogP contribution < -0.4 is 10.1 Å². The highest BCUT2D eigenvalue weighted by Gasteiger charge is 2.15. The number of rotatable bonds is 5. The van der Waals surface area contributed by atoms with Crippen LogP contribution in [-0.4, -0.2) is 29.0 Å². The van der Waals surface area contributed by atoms with E-state index in [2.05, 4.69) is 15.5 Å². The minimum Gasteiger partial charge on any atom is -0.496 e. The van der Waals surface area contributed by atoms with Gasteiger partial charge in [0, 0.05) is 11.1 Å². The second-order valence-corrected chi connectivity index (χ2v) is 5.20. The van der Waals surface area contributed by atoms with Crippen molar-refractivity contribution in [3.63, 3.8) is 0 Å². The van der Waals surface area contributed by atoms with Crippen molar-refractivity contribution < 1.29 is 18.7 Å². The molecule has 1 N–H and O–H groups in total. The summed E-state index contributed by atoms with van der Waals surface area (Å²) in [5.41, 5.74) is 1.54. The lowest BCUT2D eigenvalue weighted by Gasteiger charge is -2.03. The molecule has 0 radical (unpaired) electrons. The van der Waals surface area contributed by atoms with Crippen LogP contribution in [0.25, 0.3) is 11.5 Å². The first-order valence-electron chi connectivity index (χ1n) is 7.47. The number of anilines is 1. The lowest BCUT2D eigenvalue weighted by molar-refractivity contribution is 0.100. The van der Waals surface area contributed by atoms with E-state index in [-0.39, 0.29) is 17.7 Å². The van der Waals surface area contributed by atoms with E-state index in [9.17, 15) is 9.59 Å². The first-order chi connectivity index (χ1) is 12.1. The Kier molecular flexibility index (Phi) is 4.56. The monoisotopic (exact) mass is 337 g/mol. The van der Waals surface area contributed by atoms with Crippen LogP contribution in [0.5, 0.6) is 5.75 Å². The summed E-state index contributed by atoms with van der Waals surface area (Å²) in [5, 5.41) is 10.3. The first kappa shape index (κ1) is 16.4. The SMILES string of the molecule is COc1ccccc1-c1nnc(NC(=O)c2ccc(C(C)=O)cc2)o1. The normalized spacial score (nSPS) is 10.3. The molecule has 7 heteroatoms. The maximum Gasteiger partial charge on any atom is 0.322 e. The van der Waals surface area contributed by atoms with Crippen molar-refractivity contribution in [3.05, 3.63) is 59.7 Å². The van der Waals surface area contributed by atoms with Gasteiger partial charge in [0.05, 0.1) is 12.7 Å². The van der Waals surface area contributed by atoms with Crippen molar-refractivity contribution in [1.82, 2.24) is 10.2 Å². The zero-order valence-corrected chi connectivity index (χ0v) is 13.6. The maximum atomic E-state index is 12.2. The van der Waals surface area contributed by atoms with E-state index < -0.39 is 5.91 Å². The molecule has 1 amide bonds. The molecule has 0 saturated carbocycles. The molecule has 3 aromatic rings. The molecule has 0 spiro atoms. The zero-order chi connectivity index (χ0) is 17.8. The molecule has 7 nitrogen and oxygen atoms in total. The fourth-order valence-corrected chi connectivity index (χ4v) is 2.23. The van der Waals surface area contributed by atoms with Crippen LogP contribution in [0.4, 0.5) is 6.01 Å². The minimum absolute atomic E-state index is 0.0263. The zero-order valence-electron chi connectivity index (χ0n) is 13.6. The average Bonchev–Trinajstić information content (AvgIpc) is 3.10. The van der Waals surface area contributed by atoms with Crippen molar-refractivity contribution >= 4 is 17.7 Å². The maximum absolute atomic E-state index is 12.2. The number of methoxy groups -OCH3 is 1. The van der Waals surface area contributed by atoms with Gasteiger partial charge in [0.25, 0.3) is 11.8 Å². The number of Topliss-reactive ketones (excluding diaryl/α,β-unsaturated/α-hetero) is 1. The van der Waals surface area contributed by atoms with Crippen LogP contribution in [0.15, 0.2) is 52.9 Å². The summed E-state index contributed by atoms with van der Waals surface area (Å²) < 4.78 is 10.7. The summed E-state index contributed by atoms with van der Waals surface area (Å²) >= 11 is 0. The molecular formula is C18H15N3O4. The first-order valence-corrected chi connectivity index (χ1v) is 7.47. The second-order valence-electron chi connectivity index (χ2n) is 5.20. The number of hydrogen-bond acceptors (Lipinski definition) is 6. The van der Waals surface area contributed by atoms with Crippen LogP contribution >= 0.6 is 0 Å². The number of hydrogen-bond donors (Lipinski definition) is 1. The van der Waals surface area contributed by atoms with Crippen molar-refractivity contribution in [1.29, 1.82) is 0 Å². The number of amides is 1. The van der Waals surface area contributed by atoms with Gasteiger partial charge in [-0.05, 0) is 31.2 Å². The van der Waals surface area contributed by atoms with Crippen LogP contribution in [0.1, 0.15) is 27.6 Å². The van der Waals surface area contributed by atoms with E-state index in [4.69, 9.17) is 9.15 Å². The number of ether oxygens (including phenoxy) is 1. The predicted octanol–water partition coefficient (Wildman–Crippen LogP) is 3.20. The number of ketones is 1. The molecule has 0 aliphatic heterocycles. The molecule has 0 unspecified atom stereocenters. The van der Waals surface area contributed by atoms with Gasteiger partial charge in [-0.1, -0.05) is 29.4 Å². The molecule has 0 aliphatic rings. The molecule has 2 aromatic carbocycles. The van der Waals surface area contributed by atoms with Gasteiger partial charge in [0.1, 0.15) is 5.75 Å². The van der Waals surface area contributed by atoms with Crippen LogP contribution in [-0.2, 0) is 0 Å². The fraction of sp³-hybridized carbons (Fsp3) is 0.111. The van der Waals surface area contributed by atoms with E-state index >= 15 is 0 Å².